The van der Waals surface area contributed by atoms with Crippen LogP contribution in [0.3, 0.4) is 0 Å². The number of hydrogen-bond donors (Lipinski definition) is 1. The number of benzene rings is 1. The Hall–Kier alpha value is -0.670. The van der Waals surface area contributed by atoms with Crippen LogP contribution in [0.1, 0.15) is 5.56 Å². The Morgan fingerprint density at radius 2 is 2.25 bits per heavy atom. The Balaban J connectivity index is 2.94. The quantitative estimate of drug-likeness (QED) is 0.829. The van der Waals surface area contributed by atoms with Gasteiger partial charge in [0.05, 0.1) is 6.61 Å². The van der Waals surface area contributed by atoms with Crippen molar-refractivity contribution in [3.8, 4) is 0 Å². The molecule has 0 aliphatic carbocycles. The number of aliphatic hydroxyl groups excluding tert-OH is 1. The first-order valence-electron chi connectivity index (χ1n) is 3.46. The van der Waals surface area contributed by atoms with Gasteiger partial charge >= 0.3 is 0 Å². The minimum absolute atomic E-state index is 0.0101. The second-order valence-corrected chi connectivity index (χ2v) is 3.11. The SMILES string of the molecule is OC/C=C/c1ccc(F)cc1Br. The minimum Gasteiger partial charge on any atom is -0.392 e. The highest BCUT2D eigenvalue weighted by Gasteiger charge is 1.96. The average Bonchev–Trinajstić information content (AvgIpc) is 2.03. The summed E-state index contributed by atoms with van der Waals surface area (Å²) in [6.07, 6.45) is 3.32. The number of hydrogen-bond acceptors (Lipinski definition) is 1. The van der Waals surface area contributed by atoms with Gasteiger partial charge < -0.3 is 5.11 Å². The molecular formula is C9H8BrFO. The van der Waals surface area contributed by atoms with Gasteiger partial charge in [-0.25, -0.2) is 4.39 Å². The summed E-state index contributed by atoms with van der Waals surface area (Å²) in [5, 5.41) is 8.50. The van der Waals surface area contributed by atoms with E-state index in [2.05, 4.69) is 15.9 Å². The van der Waals surface area contributed by atoms with Crippen LogP contribution in [0.2, 0.25) is 0 Å². The van der Waals surface area contributed by atoms with Crippen LogP contribution in [0, 0.1) is 5.82 Å². The predicted octanol–water partition coefficient (Wildman–Crippen LogP) is 2.59. The summed E-state index contributed by atoms with van der Waals surface area (Å²) in [5.41, 5.74) is 0.852. The van der Waals surface area contributed by atoms with E-state index in [0.717, 1.165) is 5.56 Å². The fourth-order valence-electron chi connectivity index (χ4n) is 0.816. The van der Waals surface area contributed by atoms with Crippen LogP contribution in [0.4, 0.5) is 4.39 Å². The van der Waals surface area contributed by atoms with Gasteiger partial charge in [0.15, 0.2) is 0 Å². The van der Waals surface area contributed by atoms with Crippen molar-refractivity contribution in [2.75, 3.05) is 6.61 Å². The molecule has 0 aliphatic rings. The largest absolute Gasteiger partial charge is 0.392 e. The van der Waals surface area contributed by atoms with Gasteiger partial charge in [0.25, 0.3) is 0 Å². The second kappa shape index (κ2) is 4.38. The molecule has 1 aromatic rings. The van der Waals surface area contributed by atoms with Gasteiger partial charge in [0.2, 0.25) is 0 Å². The molecule has 1 aromatic carbocycles. The summed E-state index contributed by atoms with van der Waals surface area (Å²) >= 11 is 3.20. The molecule has 0 bridgehead atoms. The smallest absolute Gasteiger partial charge is 0.124 e. The molecule has 0 unspecified atom stereocenters. The van der Waals surface area contributed by atoms with Gasteiger partial charge in [-0.15, -0.1) is 0 Å². The lowest BCUT2D eigenvalue weighted by molar-refractivity contribution is 0.343. The molecule has 1 nitrogen and oxygen atoms in total. The molecule has 0 amide bonds. The van der Waals surface area contributed by atoms with E-state index < -0.39 is 0 Å². The van der Waals surface area contributed by atoms with Crippen molar-refractivity contribution in [1.82, 2.24) is 0 Å². The Morgan fingerprint density at radius 3 is 2.83 bits per heavy atom. The highest BCUT2D eigenvalue weighted by Crippen LogP contribution is 2.18. The maximum absolute atomic E-state index is 12.6. The zero-order valence-electron chi connectivity index (χ0n) is 6.30. The fourth-order valence-corrected chi connectivity index (χ4v) is 1.30. The van der Waals surface area contributed by atoms with Crippen LogP contribution in [0.25, 0.3) is 6.08 Å². The summed E-state index contributed by atoms with van der Waals surface area (Å²) < 4.78 is 13.3. The first kappa shape index (κ1) is 9.42. The maximum atomic E-state index is 12.6. The zero-order chi connectivity index (χ0) is 8.97. The molecule has 0 heterocycles. The lowest BCUT2D eigenvalue weighted by Gasteiger charge is -1.97. The van der Waals surface area contributed by atoms with Gasteiger partial charge in [-0.1, -0.05) is 34.1 Å². The second-order valence-electron chi connectivity index (χ2n) is 2.25. The summed E-state index contributed by atoms with van der Waals surface area (Å²) in [6.45, 7) is -0.0101. The van der Waals surface area contributed by atoms with Gasteiger partial charge in [0.1, 0.15) is 5.82 Å². The van der Waals surface area contributed by atoms with Crippen LogP contribution in [0.15, 0.2) is 28.7 Å². The summed E-state index contributed by atoms with van der Waals surface area (Å²) in [4.78, 5) is 0. The van der Waals surface area contributed by atoms with Crippen LogP contribution in [-0.4, -0.2) is 11.7 Å². The molecule has 0 fully saturated rings. The van der Waals surface area contributed by atoms with Gasteiger partial charge in [-0.3, -0.25) is 0 Å². The zero-order valence-corrected chi connectivity index (χ0v) is 7.88. The third-order valence-corrected chi connectivity index (χ3v) is 2.05. The summed E-state index contributed by atoms with van der Waals surface area (Å²) in [5.74, 6) is -0.275. The van der Waals surface area contributed by atoms with E-state index in [1.54, 1.807) is 18.2 Å². The third-order valence-electron chi connectivity index (χ3n) is 1.37. The minimum atomic E-state index is -0.275. The molecule has 0 aliphatic heterocycles. The molecule has 12 heavy (non-hydrogen) atoms. The Morgan fingerprint density at radius 1 is 1.50 bits per heavy atom. The first-order valence-corrected chi connectivity index (χ1v) is 4.26. The van der Waals surface area contributed by atoms with E-state index in [1.807, 2.05) is 0 Å². The molecule has 64 valence electrons. The highest BCUT2D eigenvalue weighted by atomic mass is 79.9. The van der Waals surface area contributed by atoms with Crippen LogP contribution in [-0.2, 0) is 0 Å². The molecule has 1 rings (SSSR count). The Bertz CT molecular complexity index is 297. The molecule has 0 saturated heterocycles. The first-order chi connectivity index (χ1) is 5.74. The lowest BCUT2D eigenvalue weighted by atomic mass is 10.2. The summed E-state index contributed by atoms with van der Waals surface area (Å²) in [6, 6.07) is 4.41. The van der Waals surface area contributed by atoms with E-state index in [9.17, 15) is 4.39 Å². The molecule has 0 atom stereocenters. The van der Waals surface area contributed by atoms with Crippen molar-refractivity contribution >= 4 is 22.0 Å². The van der Waals surface area contributed by atoms with Crippen molar-refractivity contribution in [2.24, 2.45) is 0 Å². The molecule has 0 radical (unpaired) electrons. The van der Waals surface area contributed by atoms with E-state index >= 15 is 0 Å². The van der Waals surface area contributed by atoms with Crippen LogP contribution >= 0.6 is 15.9 Å². The van der Waals surface area contributed by atoms with Gasteiger partial charge in [-0.2, -0.15) is 0 Å². The molecule has 1 N–H and O–H groups in total. The van der Waals surface area contributed by atoms with Gasteiger partial charge in [-0.05, 0) is 17.7 Å². The van der Waals surface area contributed by atoms with Crippen LogP contribution < -0.4 is 0 Å². The molecule has 0 saturated carbocycles. The normalized spacial score (nSPS) is 10.9. The Kier molecular flexibility index (Phi) is 3.44. The van der Waals surface area contributed by atoms with Crippen molar-refractivity contribution in [3.05, 3.63) is 40.1 Å². The molecule has 0 spiro atoms. The number of aliphatic hydroxyl groups is 1. The lowest BCUT2D eigenvalue weighted by Crippen LogP contribution is -1.79. The molecular weight excluding hydrogens is 223 g/mol. The van der Waals surface area contributed by atoms with Gasteiger partial charge in [0, 0.05) is 4.47 Å². The topological polar surface area (TPSA) is 20.2 Å². The van der Waals surface area contributed by atoms with Crippen molar-refractivity contribution in [2.45, 2.75) is 0 Å². The molecule has 3 heteroatoms. The summed E-state index contributed by atoms with van der Waals surface area (Å²) in [7, 11) is 0. The van der Waals surface area contributed by atoms with Crippen molar-refractivity contribution in [3.63, 3.8) is 0 Å². The highest BCUT2D eigenvalue weighted by molar-refractivity contribution is 9.10. The van der Waals surface area contributed by atoms with Crippen molar-refractivity contribution in [1.29, 1.82) is 0 Å². The van der Waals surface area contributed by atoms with E-state index in [4.69, 9.17) is 5.11 Å². The number of rotatable bonds is 2. The maximum Gasteiger partial charge on any atom is 0.124 e. The fraction of sp³-hybridized carbons (Fsp3) is 0.111. The third kappa shape index (κ3) is 2.43. The average molecular weight is 231 g/mol. The van der Waals surface area contributed by atoms with E-state index in [0.29, 0.717) is 4.47 Å². The van der Waals surface area contributed by atoms with E-state index in [-0.39, 0.29) is 12.4 Å². The van der Waals surface area contributed by atoms with Crippen molar-refractivity contribution < 1.29 is 9.50 Å². The number of halogens is 2. The monoisotopic (exact) mass is 230 g/mol. The van der Waals surface area contributed by atoms with E-state index in [1.165, 1.54) is 12.1 Å². The van der Waals surface area contributed by atoms with Crippen LogP contribution in [0.5, 0.6) is 0 Å². The predicted molar refractivity (Wildman–Crippen MR) is 50.2 cm³/mol. The molecule has 0 aromatic heterocycles. The Labute approximate surface area is 78.7 Å². The standard InChI is InChI=1S/C9H8BrFO/c10-9-6-8(11)4-3-7(9)2-1-5-12/h1-4,6,12H,5H2/b2-1+.